The van der Waals surface area contributed by atoms with E-state index in [0.29, 0.717) is 0 Å². The first-order valence-electron chi connectivity index (χ1n) is 5.81. The Balaban J connectivity index is 2.16. The second kappa shape index (κ2) is 7.30. The van der Waals surface area contributed by atoms with Gasteiger partial charge in [-0.25, -0.2) is 0 Å². The van der Waals surface area contributed by atoms with Crippen LogP contribution in [-0.2, 0) is 0 Å². The van der Waals surface area contributed by atoms with Crippen LogP contribution in [0, 0.1) is 0 Å². The molecule has 0 radical (unpaired) electrons. The highest BCUT2D eigenvalue weighted by Crippen LogP contribution is 2.09. The van der Waals surface area contributed by atoms with Crippen LogP contribution in [0.4, 0.5) is 5.69 Å². The summed E-state index contributed by atoms with van der Waals surface area (Å²) < 4.78 is 0. The van der Waals surface area contributed by atoms with E-state index in [1.807, 2.05) is 0 Å². The lowest BCUT2D eigenvalue weighted by molar-refractivity contribution is 0.637. The first-order chi connectivity index (χ1) is 7.34. The van der Waals surface area contributed by atoms with Gasteiger partial charge in [0.15, 0.2) is 0 Å². The zero-order valence-electron chi connectivity index (χ0n) is 9.87. The van der Waals surface area contributed by atoms with Crippen molar-refractivity contribution >= 4 is 5.69 Å². The highest BCUT2D eigenvalue weighted by molar-refractivity contribution is 5.44. The maximum Gasteiger partial charge on any atom is 0.0364 e. The molecule has 0 saturated carbocycles. The van der Waals surface area contributed by atoms with Gasteiger partial charge in [-0.2, -0.15) is 0 Å². The molecule has 0 atom stereocenters. The van der Waals surface area contributed by atoms with Crippen LogP contribution in [0.25, 0.3) is 0 Å². The van der Waals surface area contributed by atoms with Gasteiger partial charge in [0.1, 0.15) is 0 Å². The Kier molecular flexibility index (Phi) is 5.86. The Morgan fingerprint density at radius 2 is 1.87 bits per heavy atom. The predicted molar refractivity (Wildman–Crippen MR) is 67.5 cm³/mol. The molecule has 0 saturated heterocycles. The van der Waals surface area contributed by atoms with Gasteiger partial charge in [0, 0.05) is 25.8 Å². The van der Waals surface area contributed by atoms with Crippen LogP contribution in [0.1, 0.15) is 19.8 Å². The van der Waals surface area contributed by atoms with Crippen LogP contribution in [-0.4, -0.2) is 26.7 Å². The average molecular weight is 206 g/mol. The molecule has 0 spiro atoms. The molecule has 0 heterocycles. The third-order valence-corrected chi connectivity index (χ3v) is 2.53. The third kappa shape index (κ3) is 4.84. The topological polar surface area (TPSA) is 15.3 Å². The van der Waals surface area contributed by atoms with Crippen molar-refractivity contribution in [1.82, 2.24) is 5.32 Å². The van der Waals surface area contributed by atoms with Gasteiger partial charge in [0.05, 0.1) is 0 Å². The van der Waals surface area contributed by atoms with Gasteiger partial charge in [0.25, 0.3) is 0 Å². The zero-order chi connectivity index (χ0) is 10.9. The van der Waals surface area contributed by atoms with Crippen LogP contribution in [0.3, 0.4) is 0 Å². The molecule has 0 amide bonds. The van der Waals surface area contributed by atoms with Crippen molar-refractivity contribution in [2.75, 3.05) is 31.6 Å². The van der Waals surface area contributed by atoms with Crippen molar-refractivity contribution in [1.29, 1.82) is 0 Å². The first kappa shape index (κ1) is 12.1. The zero-order valence-corrected chi connectivity index (χ0v) is 9.87. The third-order valence-electron chi connectivity index (χ3n) is 2.53. The number of anilines is 1. The van der Waals surface area contributed by atoms with Crippen LogP contribution < -0.4 is 10.2 Å². The van der Waals surface area contributed by atoms with E-state index in [1.165, 1.54) is 18.5 Å². The van der Waals surface area contributed by atoms with Gasteiger partial charge < -0.3 is 10.2 Å². The molecule has 0 aliphatic carbocycles. The summed E-state index contributed by atoms with van der Waals surface area (Å²) >= 11 is 0. The lowest BCUT2D eigenvalue weighted by Crippen LogP contribution is -2.29. The molecule has 1 aromatic rings. The maximum absolute atomic E-state index is 3.45. The lowest BCUT2D eigenvalue weighted by atomic mass is 10.3. The molecule has 1 aromatic carbocycles. The van der Waals surface area contributed by atoms with Crippen molar-refractivity contribution in [2.45, 2.75) is 19.8 Å². The molecule has 0 fully saturated rings. The molecule has 2 nitrogen and oxygen atoms in total. The molecule has 15 heavy (non-hydrogen) atoms. The Labute approximate surface area is 93.3 Å². The summed E-state index contributed by atoms with van der Waals surface area (Å²) in [6, 6.07) is 10.5. The minimum Gasteiger partial charge on any atom is -0.373 e. The number of nitrogens with one attached hydrogen (secondary N) is 1. The molecule has 84 valence electrons. The van der Waals surface area contributed by atoms with E-state index in [9.17, 15) is 0 Å². The summed E-state index contributed by atoms with van der Waals surface area (Å²) in [5.74, 6) is 0. The minimum absolute atomic E-state index is 1.06. The van der Waals surface area contributed by atoms with Gasteiger partial charge in [-0.15, -0.1) is 0 Å². The maximum atomic E-state index is 3.45. The molecule has 0 aliphatic heterocycles. The van der Waals surface area contributed by atoms with Crippen LogP contribution in [0.15, 0.2) is 30.3 Å². The van der Waals surface area contributed by atoms with E-state index in [2.05, 4.69) is 54.5 Å². The first-order valence-corrected chi connectivity index (χ1v) is 5.81. The van der Waals surface area contributed by atoms with E-state index >= 15 is 0 Å². The fourth-order valence-electron chi connectivity index (χ4n) is 1.49. The van der Waals surface area contributed by atoms with E-state index in [-0.39, 0.29) is 0 Å². The number of nitrogens with zero attached hydrogens (tertiary/aromatic N) is 1. The SMILES string of the molecule is CCCCNCCN(C)c1ccccc1. The van der Waals surface area contributed by atoms with E-state index in [0.717, 1.165) is 19.6 Å². The summed E-state index contributed by atoms with van der Waals surface area (Å²) in [4.78, 5) is 2.28. The highest BCUT2D eigenvalue weighted by atomic mass is 15.1. The molecular weight excluding hydrogens is 184 g/mol. The minimum atomic E-state index is 1.06. The number of unbranched alkanes of at least 4 members (excludes halogenated alkanes) is 1. The predicted octanol–water partition coefficient (Wildman–Crippen LogP) is 2.51. The van der Waals surface area contributed by atoms with Crippen molar-refractivity contribution < 1.29 is 0 Å². The van der Waals surface area contributed by atoms with Crippen molar-refractivity contribution in [3.05, 3.63) is 30.3 Å². The molecular formula is C13H22N2. The Morgan fingerprint density at radius 3 is 2.53 bits per heavy atom. The quantitative estimate of drug-likeness (QED) is 0.690. The van der Waals surface area contributed by atoms with Crippen LogP contribution in [0.2, 0.25) is 0 Å². The van der Waals surface area contributed by atoms with Crippen molar-refractivity contribution in [3.8, 4) is 0 Å². The van der Waals surface area contributed by atoms with Gasteiger partial charge in [-0.1, -0.05) is 31.5 Å². The lowest BCUT2D eigenvalue weighted by Gasteiger charge is -2.19. The summed E-state index contributed by atoms with van der Waals surface area (Å²) in [6.07, 6.45) is 2.54. The molecule has 2 heteroatoms. The van der Waals surface area contributed by atoms with Gasteiger partial charge >= 0.3 is 0 Å². The van der Waals surface area contributed by atoms with Crippen LogP contribution >= 0.6 is 0 Å². The second-order valence-electron chi connectivity index (χ2n) is 3.86. The normalized spacial score (nSPS) is 10.3. The summed E-state index contributed by atoms with van der Waals surface area (Å²) in [5.41, 5.74) is 1.29. The number of benzene rings is 1. The smallest absolute Gasteiger partial charge is 0.0364 e. The van der Waals surface area contributed by atoms with E-state index < -0.39 is 0 Å². The summed E-state index contributed by atoms with van der Waals surface area (Å²) in [7, 11) is 2.14. The molecule has 0 bridgehead atoms. The van der Waals surface area contributed by atoms with Crippen molar-refractivity contribution in [3.63, 3.8) is 0 Å². The van der Waals surface area contributed by atoms with Crippen LogP contribution in [0.5, 0.6) is 0 Å². The Morgan fingerprint density at radius 1 is 1.13 bits per heavy atom. The highest BCUT2D eigenvalue weighted by Gasteiger charge is 1.97. The number of hydrogen-bond donors (Lipinski definition) is 1. The Bertz CT molecular complexity index is 246. The summed E-state index contributed by atoms with van der Waals surface area (Å²) in [5, 5.41) is 3.45. The van der Waals surface area contributed by atoms with Gasteiger partial charge in [-0.3, -0.25) is 0 Å². The molecule has 0 unspecified atom stereocenters. The second-order valence-corrected chi connectivity index (χ2v) is 3.86. The number of rotatable bonds is 7. The van der Waals surface area contributed by atoms with Crippen molar-refractivity contribution in [2.24, 2.45) is 0 Å². The number of hydrogen-bond acceptors (Lipinski definition) is 2. The largest absolute Gasteiger partial charge is 0.373 e. The van der Waals surface area contributed by atoms with E-state index in [1.54, 1.807) is 0 Å². The Hall–Kier alpha value is -1.02. The monoisotopic (exact) mass is 206 g/mol. The number of likely N-dealkylation sites (N-methyl/N-ethyl adjacent to an activating group) is 1. The fourth-order valence-corrected chi connectivity index (χ4v) is 1.49. The van der Waals surface area contributed by atoms with Gasteiger partial charge in [0.2, 0.25) is 0 Å². The molecule has 0 aromatic heterocycles. The average Bonchev–Trinajstić information content (AvgIpc) is 2.30. The standard InChI is InChI=1S/C13H22N2/c1-3-4-10-14-11-12-15(2)13-8-6-5-7-9-13/h5-9,14H,3-4,10-12H2,1-2H3. The molecule has 0 aliphatic rings. The van der Waals surface area contributed by atoms with E-state index in [4.69, 9.17) is 0 Å². The fraction of sp³-hybridized carbons (Fsp3) is 0.538. The molecule has 1 rings (SSSR count). The van der Waals surface area contributed by atoms with Gasteiger partial charge in [-0.05, 0) is 25.1 Å². The molecule has 1 N–H and O–H groups in total. The number of para-hydroxylation sites is 1. The summed E-state index contributed by atoms with van der Waals surface area (Å²) in [6.45, 7) is 5.48.